The van der Waals surface area contributed by atoms with Gasteiger partial charge in [0.2, 0.25) is 5.91 Å². The summed E-state index contributed by atoms with van der Waals surface area (Å²) in [5.74, 6) is 2.43. The summed E-state index contributed by atoms with van der Waals surface area (Å²) in [5, 5.41) is 9.22. The summed E-state index contributed by atoms with van der Waals surface area (Å²) < 4.78 is 0. The minimum atomic E-state index is -0.0758. The summed E-state index contributed by atoms with van der Waals surface area (Å²) >= 11 is 1.88. The van der Waals surface area contributed by atoms with Crippen molar-refractivity contribution in [2.45, 2.75) is 33.2 Å². The van der Waals surface area contributed by atoms with Crippen LogP contribution in [0.3, 0.4) is 0 Å². The molecule has 1 saturated heterocycles. The molecule has 1 aromatic rings. The highest BCUT2D eigenvalue weighted by Gasteiger charge is 2.17. The van der Waals surface area contributed by atoms with Crippen LogP contribution in [0.25, 0.3) is 0 Å². The van der Waals surface area contributed by atoms with Gasteiger partial charge in [0.1, 0.15) is 0 Å². The van der Waals surface area contributed by atoms with Gasteiger partial charge in [-0.2, -0.15) is 11.8 Å². The second-order valence-electron chi connectivity index (χ2n) is 6.61. The third-order valence-electron chi connectivity index (χ3n) is 3.86. The van der Waals surface area contributed by atoms with Gasteiger partial charge in [-0.15, -0.1) is 12.4 Å². The smallest absolute Gasteiger partial charge is 0.251 e. The minimum Gasteiger partial charge on any atom is -0.352 e. The first kappa shape index (κ1) is 21.8. The van der Waals surface area contributed by atoms with E-state index in [2.05, 4.69) is 29.8 Å². The van der Waals surface area contributed by atoms with Crippen molar-refractivity contribution in [3.63, 3.8) is 0 Å². The lowest BCUT2D eigenvalue weighted by Gasteiger charge is -2.22. The van der Waals surface area contributed by atoms with Crippen LogP contribution in [-0.4, -0.2) is 42.5 Å². The average molecular weight is 386 g/mol. The SMILES string of the molecule is Cc1cc(C(=O)NCC(C)C)ccc1NC(=O)CC1CSCCN1.Cl. The van der Waals surface area contributed by atoms with E-state index in [1.165, 1.54) is 0 Å². The van der Waals surface area contributed by atoms with Crippen LogP contribution in [0.5, 0.6) is 0 Å². The second kappa shape index (κ2) is 10.7. The standard InChI is InChI=1S/C18H27N3O2S.ClH/c1-12(2)10-20-18(23)14-4-5-16(13(3)8-14)21-17(22)9-15-11-24-7-6-19-15;/h4-5,8,12,15,19H,6-7,9-11H2,1-3H3,(H,20,23)(H,21,22);1H. The molecule has 0 aliphatic carbocycles. The third-order valence-corrected chi connectivity index (χ3v) is 4.99. The van der Waals surface area contributed by atoms with Crippen LogP contribution in [0.15, 0.2) is 18.2 Å². The van der Waals surface area contributed by atoms with Gasteiger partial charge in [0.05, 0.1) is 0 Å². The van der Waals surface area contributed by atoms with Crippen LogP contribution < -0.4 is 16.0 Å². The van der Waals surface area contributed by atoms with Gasteiger partial charge in [0.25, 0.3) is 5.91 Å². The number of rotatable bonds is 6. The number of carbonyl (C=O) groups excluding carboxylic acids is 2. The Labute approximate surface area is 160 Å². The molecule has 2 rings (SSSR count). The lowest BCUT2D eigenvalue weighted by molar-refractivity contribution is -0.116. The first-order chi connectivity index (χ1) is 11.5. The number of halogens is 1. The molecule has 0 spiro atoms. The fourth-order valence-corrected chi connectivity index (χ4v) is 3.47. The number of amides is 2. The molecule has 0 saturated carbocycles. The Bertz CT molecular complexity index is 590. The zero-order valence-corrected chi connectivity index (χ0v) is 16.7. The van der Waals surface area contributed by atoms with Crippen molar-refractivity contribution in [2.24, 2.45) is 5.92 Å². The highest BCUT2D eigenvalue weighted by molar-refractivity contribution is 7.99. The Kier molecular flexibility index (Phi) is 9.32. The van der Waals surface area contributed by atoms with E-state index in [1.807, 2.05) is 24.8 Å². The predicted molar refractivity (Wildman–Crippen MR) is 108 cm³/mol. The molecule has 0 radical (unpaired) electrons. The van der Waals surface area contributed by atoms with Crippen molar-refractivity contribution in [3.05, 3.63) is 29.3 Å². The van der Waals surface area contributed by atoms with Crippen molar-refractivity contribution < 1.29 is 9.59 Å². The van der Waals surface area contributed by atoms with E-state index < -0.39 is 0 Å². The Morgan fingerprint density at radius 3 is 2.72 bits per heavy atom. The summed E-state index contributed by atoms with van der Waals surface area (Å²) in [7, 11) is 0. The molecular formula is C18H28ClN3O2S. The molecule has 5 nitrogen and oxygen atoms in total. The molecule has 2 amide bonds. The molecule has 1 unspecified atom stereocenters. The molecule has 1 heterocycles. The van der Waals surface area contributed by atoms with E-state index in [0.717, 1.165) is 29.3 Å². The first-order valence-corrected chi connectivity index (χ1v) is 9.61. The number of hydrogen-bond donors (Lipinski definition) is 3. The van der Waals surface area contributed by atoms with Crippen LogP contribution in [-0.2, 0) is 4.79 Å². The van der Waals surface area contributed by atoms with E-state index in [9.17, 15) is 9.59 Å². The van der Waals surface area contributed by atoms with Gasteiger partial charge in [0.15, 0.2) is 0 Å². The maximum Gasteiger partial charge on any atom is 0.251 e. The van der Waals surface area contributed by atoms with Crippen LogP contribution >= 0.6 is 24.2 Å². The van der Waals surface area contributed by atoms with Crippen molar-refractivity contribution >= 4 is 41.7 Å². The van der Waals surface area contributed by atoms with Crippen molar-refractivity contribution in [3.8, 4) is 0 Å². The number of hydrogen-bond acceptors (Lipinski definition) is 4. The largest absolute Gasteiger partial charge is 0.352 e. The van der Waals surface area contributed by atoms with Gasteiger partial charge in [-0.05, 0) is 36.6 Å². The lowest BCUT2D eigenvalue weighted by atomic mass is 10.1. The summed E-state index contributed by atoms with van der Waals surface area (Å²) in [6.45, 7) is 7.64. The molecule has 140 valence electrons. The molecule has 1 atom stereocenters. The molecule has 0 aromatic heterocycles. The van der Waals surface area contributed by atoms with Gasteiger partial charge in [-0.25, -0.2) is 0 Å². The summed E-state index contributed by atoms with van der Waals surface area (Å²) in [6, 6.07) is 5.62. The van der Waals surface area contributed by atoms with E-state index in [-0.39, 0.29) is 30.3 Å². The van der Waals surface area contributed by atoms with Crippen LogP contribution in [0.1, 0.15) is 36.2 Å². The number of anilines is 1. The summed E-state index contributed by atoms with van der Waals surface area (Å²) in [4.78, 5) is 24.3. The van der Waals surface area contributed by atoms with Gasteiger partial charge in [-0.3, -0.25) is 9.59 Å². The maximum absolute atomic E-state index is 12.2. The van der Waals surface area contributed by atoms with Gasteiger partial charge < -0.3 is 16.0 Å². The zero-order valence-electron chi connectivity index (χ0n) is 15.1. The number of benzene rings is 1. The fourth-order valence-electron chi connectivity index (χ4n) is 2.52. The number of thioether (sulfide) groups is 1. The maximum atomic E-state index is 12.2. The molecule has 1 aliphatic rings. The topological polar surface area (TPSA) is 70.2 Å². The monoisotopic (exact) mass is 385 g/mol. The molecular weight excluding hydrogens is 358 g/mol. The van der Waals surface area contributed by atoms with Gasteiger partial charge in [0, 0.05) is 48.3 Å². The second-order valence-corrected chi connectivity index (χ2v) is 7.76. The van der Waals surface area contributed by atoms with Crippen molar-refractivity contribution in [1.29, 1.82) is 0 Å². The molecule has 1 aromatic carbocycles. The van der Waals surface area contributed by atoms with Gasteiger partial charge in [-0.1, -0.05) is 13.8 Å². The van der Waals surface area contributed by atoms with Crippen LogP contribution in [0, 0.1) is 12.8 Å². The van der Waals surface area contributed by atoms with E-state index >= 15 is 0 Å². The van der Waals surface area contributed by atoms with Crippen molar-refractivity contribution in [1.82, 2.24) is 10.6 Å². The van der Waals surface area contributed by atoms with Crippen molar-refractivity contribution in [2.75, 3.05) is 29.9 Å². The summed E-state index contributed by atoms with van der Waals surface area (Å²) in [6.07, 6.45) is 0.475. The molecule has 1 aliphatic heterocycles. The third kappa shape index (κ3) is 7.26. The molecule has 0 bridgehead atoms. The van der Waals surface area contributed by atoms with E-state index in [1.54, 1.807) is 12.1 Å². The van der Waals surface area contributed by atoms with E-state index in [0.29, 0.717) is 24.4 Å². The number of aryl methyl sites for hydroxylation is 1. The van der Waals surface area contributed by atoms with Gasteiger partial charge >= 0.3 is 0 Å². The lowest BCUT2D eigenvalue weighted by Crippen LogP contribution is -2.39. The normalized spacial score (nSPS) is 16.9. The number of carbonyl (C=O) groups is 2. The highest BCUT2D eigenvalue weighted by atomic mass is 35.5. The minimum absolute atomic E-state index is 0. The first-order valence-electron chi connectivity index (χ1n) is 8.45. The molecule has 3 N–H and O–H groups in total. The Morgan fingerprint density at radius 1 is 1.36 bits per heavy atom. The molecule has 1 fully saturated rings. The van der Waals surface area contributed by atoms with Crippen LogP contribution in [0.4, 0.5) is 5.69 Å². The Hall–Kier alpha value is -1.24. The quantitative estimate of drug-likeness (QED) is 0.704. The molecule has 7 heteroatoms. The number of nitrogens with one attached hydrogen (secondary N) is 3. The average Bonchev–Trinajstić information content (AvgIpc) is 2.55. The highest BCUT2D eigenvalue weighted by Crippen LogP contribution is 2.18. The zero-order chi connectivity index (χ0) is 17.5. The Balaban J connectivity index is 0.00000312. The predicted octanol–water partition coefficient (Wildman–Crippen LogP) is 2.84. The summed E-state index contributed by atoms with van der Waals surface area (Å²) in [5.41, 5.74) is 2.28. The fraction of sp³-hybridized carbons (Fsp3) is 0.556. The molecule has 25 heavy (non-hydrogen) atoms. The van der Waals surface area contributed by atoms with Crippen LogP contribution in [0.2, 0.25) is 0 Å². The van der Waals surface area contributed by atoms with E-state index in [4.69, 9.17) is 0 Å². The Morgan fingerprint density at radius 2 is 2.12 bits per heavy atom.